The van der Waals surface area contributed by atoms with Crippen molar-refractivity contribution in [2.75, 3.05) is 59.0 Å². The first-order chi connectivity index (χ1) is 17.1. The Hall–Kier alpha value is -2.92. The molecule has 0 saturated carbocycles. The Balaban J connectivity index is 0.000000404. The molecule has 2 fully saturated rings. The van der Waals surface area contributed by atoms with E-state index in [2.05, 4.69) is 19.8 Å². The van der Waals surface area contributed by atoms with Crippen molar-refractivity contribution < 1.29 is 60.4 Å². The lowest BCUT2D eigenvalue weighted by molar-refractivity contribution is -0.193. The fourth-order valence-electron chi connectivity index (χ4n) is 3.81. The van der Waals surface area contributed by atoms with Gasteiger partial charge in [0.15, 0.2) is 0 Å². The van der Waals surface area contributed by atoms with Gasteiger partial charge in [-0.15, -0.1) is 0 Å². The minimum absolute atomic E-state index is 0.313. The van der Waals surface area contributed by atoms with Gasteiger partial charge in [-0.25, -0.2) is 19.6 Å². The maximum absolute atomic E-state index is 10.6. The zero-order chi connectivity index (χ0) is 28.4. The second kappa shape index (κ2) is 14.1. The number of aliphatic carboxylic acids is 2. The van der Waals surface area contributed by atoms with Crippen molar-refractivity contribution in [2.24, 2.45) is 5.92 Å². The number of carboxylic acids is 2. The summed E-state index contributed by atoms with van der Waals surface area (Å²) >= 11 is 0. The van der Waals surface area contributed by atoms with Gasteiger partial charge < -0.3 is 29.3 Å². The van der Waals surface area contributed by atoms with Gasteiger partial charge in [-0.3, -0.25) is 4.90 Å². The Bertz CT molecular complexity index is 850. The Labute approximate surface area is 207 Å². The maximum atomic E-state index is 10.6. The fraction of sp³-hybridized carbons (Fsp3) is 0.700. The molecule has 2 saturated heterocycles. The maximum Gasteiger partial charge on any atom is 0.490 e. The van der Waals surface area contributed by atoms with Crippen molar-refractivity contribution >= 4 is 17.8 Å². The first-order valence-electron chi connectivity index (χ1n) is 10.6. The van der Waals surface area contributed by atoms with Gasteiger partial charge >= 0.3 is 24.3 Å². The number of hydrogen-bond acceptors (Lipinski definition) is 9. The molecule has 2 aliphatic heterocycles. The Kier molecular flexibility index (Phi) is 12.3. The molecule has 0 aliphatic carbocycles. The van der Waals surface area contributed by atoms with Crippen LogP contribution in [0.25, 0.3) is 0 Å². The highest BCUT2D eigenvalue weighted by molar-refractivity contribution is 5.73. The van der Waals surface area contributed by atoms with Gasteiger partial charge in [0.2, 0.25) is 5.88 Å². The number of rotatable bonds is 6. The van der Waals surface area contributed by atoms with E-state index in [-0.39, 0.29) is 0 Å². The van der Waals surface area contributed by atoms with Crippen molar-refractivity contribution in [3.05, 3.63) is 12.4 Å². The predicted octanol–water partition coefficient (Wildman–Crippen LogP) is 1.92. The van der Waals surface area contributed by atoms with Crippen LogP contribution in [0.5, 0.6) is 5.88 Å². The highest BCUT2D eigenvalue weighted by Crippen LogP contribution is 2.35. The molecular formula is C20H28F6N4O7. The van der Waals surface area contributed by atoms with Crippen LogP contribution in [0.1, 0.15) is 6.42 Å². The van der Waals surface area contributed by atoms with Gasteiger partial charge in [0.1, 0.15) is 12.1 Å². The third-order valence-electron chi connectivity index (χ3n) is 5.47. The molecule has 3 atom stereocenters. The molecule has 0 aromatic carbocycles. The van der Waals surface area contributed by atoms with Crippen LogP contribution < -0.4 is 9.64 Å². The van der Waals surface area contributed by atoms with Crippen LogP contribution >= 0.6 is 0 Å². The number of aromatic nitrogens is 2. The average Bonchev–Trinajstić information content (AvgIpc) is 3.26. The number of piperidine rings is 1. The van der Waals surface area contributed by atoms with Gasteiger partial charge in [0, 0.05) is 58.4 Å². The van der Waals surface area contributed by atoms with Gasteiger partial charge in [-0.05, 0) is 6.42 Å². The van der Waals surface area contributed by atoms with E-state index in [1.54, 1.807) is 20.5 Å². The van der Waals surface area contributed by atoms with E-state index in [1.807, 2.05) is 13.2 Å². The molecule has 0 spiro atoms. The summed E-state index contributed by atoms with van der Waals surface area (Å²) in [6.07, 6.45) is -7.27. The van der Waals surface area contributed by atoms with Crippen molar-refractivity contribution in [1.82, 2.24) is 14.9 Å². The molecule has 0 radical (unpaired) electrons. The average molecular weight is 550 g/mol. The predicted molar refractivity (Wildman–Crippen MR) is 114 cm³/mol. The third kappa shape index (κ3) is 10.2. The standard InChI is InChI=1S/C16H26N4O3.2C2HF3O2/c1-21-7-6-19-9-12-13(10-19)20(5-4-14(12)22-2)15-8-16(23-3)18-11-17-15;2*3-2(4,5)1(6)7/h8,11-14H,4-7,9-10H2,1-3H3;2*(H,6,7)/t12-,13+,14+;;/m0../s1. The summed E-state index contributed by atoms with van der Waals surface area (Å²) in [5.41, 5.74) is 0. The summed E-state index contributed by atoms with van der Waals surface area (Å²) in [6, 6.07) is 2.33. The molecule has 17 heteroatoms. The number of methoxy groups -OCH3 is 3. The molecule has 37 heavy (non-hydrogen) atoms. The molecular weight excluding hydrogens is 522 g/mol. The van der Waals surface area contributed by atoms with E-state index in [0.717, 1.165) is 45.0 Å². The number of halogens is 6. The van der Waals surface area contributed by atoms with E-state index in [1.165, 1.54) is 0 Å². The highest BCUT2D eigenvalue weighted by atomic mass is 19.4. The molecule has 1 aromatic heterocycles. The number of anilines is 1. The zero-order valence-corrected chi connectivity index (χ0v) is 20.1. The Morgan fingerprint density at radius 1 is 1.03 bits per heavy atom. The number of alkyl halides is 6. The zero-order valence-electron chi connectivity index (χ0n) is 20.1. The summed E-state index contributed by atoms with van der Waals surface area (Å²) in [5.74, 6) is -3.48. The van der Waals surface area contributed by atoms with Crippen LogP contribution in [-0.2, 0) is 19.1 Å². The van der Waals surface area contributed by atoms with Crippen molar-refractivity contribution in [3.8, 4) is 5.88 Å². The van der Waals surface area contributed by atoms with E-state index >= 15 is 0 Å². The quantitative estimate of drug-likeness (QED) is 0.503. The topological polar surface area (TPSA) is 135 Å². The monoisotopic (exact) mass is 550 g/mol. The largest absolute Gasteiger partial charge is 0.490 e. The van der Waals surface area contributed by atoms with Crippen LogP contribution in [-0.4, -0.2) is 116 Å². The number of hydrogen-bond donors (Lipinski definition) is 2. The number of carboxylic acid groups (broad SMARTS) is 2. The SMILES string of the molecule is COCCN1C[C@H]2[C@@H](C1)N(c1cc(OC)ncn1)CC[C@H]2OC.O=C(O)C(F)(F)F.O=C(O)C(F)(F)F. The van der Waals surface area contributed by atoms with Gasteiger partial charge in [-0.2, -0.15) is 26.3 Å². The molecule has 0 unspecified atom stereocenters. The molecule has 0 bridgehead atoms. The summed E-state index contributed by atoms with van der Waals surface area (Å²) in [6.45, 7) is 4.72. The number of ether oxygens (including phenoxy) is 3. The first kappa shape index (κ1) is 32.1. The second-order valence-corrected chi connectivity index (χ2v) is 7.76. The van der Waals surface area contributed by atoms with Crippen molar-refractivity contribution in [1.29, 1.82) is 0 Å². The smallest absolute Gasteiger partial charge is 0.481 e. The highest BCUT2D eigenvalue weighted by Gasteiger charge is 2.45. The fourth-order valence-corrected chi connectivity index (χ4v) is 3.81. The second-order valence-electron chi connectivity index (χ2n) is 7.76. The molecule has 212 valence electrons. The summed E-state index contributed by atoms with van der Waals surface area (Å²) in [5, 5.41) is 14.2. The van der Waals surface area contributed by atoms with Crippen LogP contribution in [0.2, 0.25) is 0 Å². The summed E-state index contributed by atoms with van der Waals surface area (Å²) < 4.78 is 79.7. The van der Waals surface area contributed by atoms with E-state index in [4.69, 9.17) is 34.0 Å². The van der Waals surface area contributed by atoms with Crippen LogP contribution in [0.3, 0.4) is 0 Å². The normalized spacial score (nSPS) is 21.6. The molecule has 2 N–H and O–H groups in total. The van der Waals surface area contributed by atoms with Gasteiger partial charge in [0.25, 0.3) is 0 Å². The number of carbonyl (C=O) groups is 2. The lowest BCUT2D eigenvalue weighted by atomic mass is 9.89. The van der Waals surface area contributed by atoms with E-state index in [0.29, 0.717) is 23.9 Å². The summed E-state index contributed by atoms with van der Waals surface area (Å²) in [7, 11) is 5.21. The van der Waals surface area contributed by atoms with Gasteiger partial charge in [-0.1, -0.05) is 0 Å². The molecule has 3 heterocycles. The molecule has 1 aromatic rings. The van der Waals surface area contributed by atoms with Crippen LogP contribution in [0.15, 0.2) is 12.4 Å². The minimum Gasteiger partial charge on any atom is -0.481 e. The van der Waals surface area contributed by atoms with Crippen LogP contribution in [0.4, 0.5) is 32.2 Å². The van der Waals surface area contributed by atoms with E-state index < -0.39 is 24.3 Å². The summed E-state index contributed by atoms with van der Waals surface area (Å²) in [4.78, 5) is 31.2. The van der Waals surface area contributed by atoms with Crippen LogP contribution in [0, 0.1) is 5.92 Å². The molecule has 11 nitrogen and oxygen atoms in total. The van der Waals surface area contributed by atoms with Crippen molar-refractivity contribution in [3.63, 3.8) is 0 Å². The minimum atomic E-state index is -5.08. The Morgan fingerprint density at radius 3 is 2.05 bits per heavy atom. The molecule has 0 amide bonds. The number of likely N-dealkylation sites (tertiary alicyclic amines) is 1. The molecule has 3 rings (SSSR count). The van der Waals surface area contributed by atoms with E-state index in [9.17, 15) is 26.3 Å². The Morgan fingerprint density at radius 2 is 1.59 bits per heavy atom. The number of fused-ring (bicyclic) bond motifs is 1. The van der Waals surface area contributed by atoms with Crippen molar-refractivity contribution in [2.45, 2.75) is 30.9 Å². The van der Waals surface area contributed by atoms with Gasteiger partial charge in [0.05, 0.1) is 19.8 Å². The first-order valence-corrected chi connectivity index (χ1v) is 10.6. The number of nitrogens with zero attached hydrogens (tertiary/aromatic N) is 4. The molecule has 2 aliphatic rings. The lowest BCUT2D eigenvalue weighted by Crippen LogP contribution is -2.51. The lowest BCUT2D eigenvalue weighted by Gasteiger charge is -2.41. The third-order valence-corrected chi connectivity index (χ3v) is 5.47.